The van der Waals surface area contributed by atoms with Gasteiger partial charge in [-0.3, -0.25) is 19.8 Å². The monoisotopic (exact) mass is 538 g/mol. The lowest BCUT2D eigenvalue weighted by Crippen LogP contribution is -2.36. The molecule has 4 aromatic rings. The molecular formula is C25H20BrClN4O3. The molecule has 3 amide bonds. The molecule has 4 rings (SSSR count). The molecule has 7 nitrogen and oxygen atoms in total. The van der Waals surface area contributed by atoms with E-state index in [1.54, 1.807) is 54.6 Å². The first-order chi connectivity index (χ1) is 16.2. The average Bonchev–Trinajstić information content (AvgIpc) is 3.14. The van der Waals surface area contributed by atoms with E-state index < -0.39 is 17.7 Å². The van der Waals surface area contributed by atoms with Gasteiger partial charge in [-0.15, -0.1) is 0 Å². The molecule has 34 heavy (non-hydrogen) atoms. The lowest BCUT2D eigenvalue weighted by Gasteiger charge is -2.14. The van der Waals surface area contributed by atoms with Gasteiger partial charge in [0.25, 0.3) is 5.91 Å². The topological polar surface area (TPSA) is 92.2 Å². The number of aryl methyl sites for hydroxylation is 1. The summed E-state index contributed by atoms with van der Waals surface area (Å²) >= 11 is 9.43. The van der Waals surface area contributed by atoms with Crippen LogP contribution in [0.5, 0.6) is 0 Å². The van der Waals surface area contributed by atoms with Crippen molar-refractivity contribution in [2.24, 2.45) is 0 Å². The van der Waals surface area contributed by atoms with E-state index in [1.165, 1.54) is 4.68 Å². The van der Waals surface area contributed by atoms with Crippen molar-refractivity contribution >= 4 is 67.5 Å². The number of carbonyl (C=O) groups is 3. The molecule has 0 aliphatic heterocycles. The highest BCUT2D eigenvalue weighted by atomic mass is 79.9. The van der Waals surface area contributed by atoms with Crippen molar-refractivity contribution < 1.29 is 14.4 Å². The van der Waals surface area contributed by atoms with Gasteiger partial charge >= 0.3 is 11.8 Å². The van der Waals surface area contributed by atoms with Crippen LogP contribution >= 0.6 is 27.5 Å². The van der Waals surface area contributed by atoms with E-state index in [1.807, 2.05) is 26.0 Å². The Hall–Kier alpha value is -3.62. The molecule has 9 heteroatoms. The highest BCUT2D eigenvalue weighted by molar-refractivity contribution is 9.10. The third kappa shape index (κ3) is 4.98. The molecule has 3 aromatic carbocycles. The second-order valence-electron chi connectivity index (χ2n) is 7.68. The van der Waals surface area contributed by atoms with E-state index in [-0.39, 0.29) is 5.69 Å². The number of nitrogens with one attached hydrogen (secondary N) is 3. The fourth-order valence-corrected chi connectivity index (χ4v) is 4.02. The molecule has 0 bridgehead atoms. The molecule has 0 saturated heterocycles. The Balaban J connectivity index is 1.64. The van der Waals surface area contributed by atoms with E-state index >= 15 is 0 Å². The molecule has 0 radical (unpaired) electrons. The summed E-state index contributed by atoms with van der Waals surface area (Å²) in [7, 11) is 0. The van der Waals surface area contributed by atoms with Crippen LogP contribution in [-0.4, -0.2) is 22.4 Å². The summed E-state index contributed by atoms with van der Waals surface area (Å²) in [6, 6.07) is 19.1. The van der Waals surface area contributed by atoms with Gasteiger partial charge < -0.3 is 10.6 Å². The van der Waals surface area contributed by atoms with Crippen LogP contribution in [0.25, 0.3) is 10.9 Å². The molecule has 0 aliphatic rings. The predicted molar refractivity (Wildman–Crippen MR) is 138 cm³/mol. The van der Waals surface area contributed by atoms with Crippen LogP contribution in [-0.2, 0) is 9.59 Å². The van der Waals surface area contributed by atoms with Crippen LogP contribution in [0.15, 0.2) is 71.2 Å². The molecule has 0 fully saturated rings. The van der Waals surface area contributed by atoms with Crippen LogP contribution in [0.2, 0.25) is 5.02 Å². The Morgan fingerprint density at radius 3 is 2.41 bits per heavy atom. The SMILES string of the molecule is Cc1cccc(NC(=O)C(=O)Nn2c(C(=O)Nc3cccc(Cl)c3)cc3cc(Br)ccc32)c1C. The fraction of sp³-hybridized carbons (Fsp3) is 0.0800. The smallest absolute Gasteiger partial charge is 0.321 e. The zero-order valence-corrected chi connectivity index (χ0v) is 20.6. The van der Waals surface area contributed by atoms with Crippen LogP contribution in [0, 0.1) is 13.8 Å². The minimum absolute atomic E-state index is 0.140. The number of aromatic nitrogens is 1. The van der Waals surface area contributed by atoms with Gasteiger partial charge in [0.2, 0.25) is 0 Å². The van der Waals surface area contributed by atoms with Gasteiger partial charge in [-0.05, 0) is 73.5 Å². The fourth-order valence-electron chi connectivity index (χ4n) is 3.45. The average molecular weight is 540 g/mol. The number of carbonyl (C=O) groups excluding carboxylic acids is 3. The Kier molecular flexibility index (Phi) is 6.72. The predicted octanol–water partition coefficient (Wildman–Crippen LogP) is 5.64. The van der Waals surface area contributed by atoms with Gasteiger partial charge in [0.1, 0.15) is 5.69 Å². The zero-order valence-electron chi connectivity index (χ0n) is 18.3. The van der Waals surface area contributed by atoms with E-state index in [9.17, 15) is 14.4 Å². The molecule has 0 unspecified atom stereocenters. The molecule has 0 aliphatic carbocycles. The Bertz CT molecular complexity index is 1450. The lowest BCUT2D eigenvalue weighted by atomic mass is 10.1. The highest BCUT2D eigenvalue weighted by Crippen LogP contribution is 2.24. The summed E-state index contributed by atoms with van der Waals surface area (Å²) in [6.45, 7) is 3.78. The van der Waals surface area contributed by atoms with Crippen molar-refractivity contribution in [1.82, 2.24) is 4.68 Å². The van der Waals surface area contributed by atoms with Crippen LogP contribution < -0.4 is 16.1 Å². The standard InChI is InChI=1S/C25H20BrClN4O3/c1-14-5-3-8-20(15(14)2)29-24(33)25(34)30-31-21-10-9-17(26)11-16(21)12-22(31)23(32)28-19-7-4-6-18(27)13-19/h3-13H,1-2H3,(H,28,32)(H,29,33)(H,30,34). The molecule has 1 heterocycles. The van der Waals surface area contributed by atoms with E-state index in [0.29, 0.717) is 27.3 Å². The highest BCUT2D eigenvalue weighted by Gasteiger charge is 2.21. The van der Waals surface area contributed by atoms with Crippen molar-refractivity contribution in [3.63, 3.8) is 0 Å². The van der Waals surface area contributed by atoms with Crippen molar-refractivity contribution in [2.45, 2.75) is 13.8 Å². The number of hydrogen-bond acceptors (Lipinski definition) is 3. The first-order valence-corrected chi connectivity index (χ1v) is 11.5. The number of amides is 3. The summed E-state index contributed by atoms with van der Waals surface area (Å²) in [5, 5.41) is 6.56. The largest absolute Gasteiger partial charge is 0.328 e. The third-order valence-corrected chi connectivity index (χ3v) is 6.08. The zero-order chi connectivity index (χ0) is 24.4. The maximum atomic E-state index is 13.1. The maximum Gasteiger partial charge on any atom is 0.328 e. The maximum absolute atomic E-state index is 13.1. The van der Waals surface area contributed by atoms with Gasteiger partial charge in [0.15, 0.2) is 0 Å². The Labute approximate surface area is 209 Å². The second-order valence-corrected chi connectivity index (χ2v) is 9.03. The third-order valence-electron chi connectivity index (χ3n) is 5.35. The van der Waals surface area contributed by atoms with Crippen molar-refractivity contribution in [1.29, 1.82) is 0 Å². The second kappa shape index (κ2) is 9.70. The minimum Gasteiger partial charge on any atom is -0.321 e. The Morgan fingerprint density at radius 2 is 1.65 bits per heavy atom. The number of benzene rings is 3. The quantitative estimate of drug-likeness (QED) is 0.293. The molecule has 1 aromatic heterocycles. The van der Waals surface area contributed by atoms with Gasteiger partial charge in [-0.25, -0.2) is 4.68 Å². The normalized spacial score (nSPS) is 10.7. The number of rotatable bonds is 4. The van der Waals surface area contributed by atoms with Gasteiger partial charge in [-0.2, -0.15) is 0 Å². The Morgan fingerprint density at radius 1 is 0.882 bits per heavy atom. The van der Waals surface area contributed by atoms with Gasteiger partial charge in [-0.1, -0.05) is 45.7 Å². The molecule has 172 valence electrons. The van der Waals surface area contributed by atoms with E-state index in [0.717, 1.165) is 15.6 Å². The minimum atomic E-state index is -0.918. The summed E-state index contributed by atoms with van der Waals surface area (Å²) in [5.74, 6) is -2.25. The van der Waals surface area contributed by atoms with E-state index in [2.05, 4.69) is 32.0 Å². The molecule has 0 atom stereocenters. The van der Waals surface area contributed by atoms with E-state index in [4.69, 9.17) is 11.6 Å². The number of anilines is 2. The number of nitrogens with zero attached hydrogens (tertiary/aromatic N) is 1. The molecule has 0 spiro atoms. The van der Waals surface area contributed by atoms with Crippen molar-refractivity contribution in [3.05, 3.63) is 93.0 Å². The van der Waals surface area contributed by atoms with Crippen molar-refractivity contribution in [2.75, 3.05) is 16.1 Å². The van der Waals surface area contributed by atoms with Crippen molar-refractivity contribution in [3.8, 4) is 0 Å². The summed E-state index contributed by atoms with van der Waals surface area (Å²) in [6.07, 6.45) is 0. The van der Waals surface area contributed by atoms with Crippen LogP contribution in [0.1, 0.15) is 21.6 Å². The number of hydrogen-bond donors (Lipinski definition) is 3. The first kappa shape index (κ1) is 23.5. The number of fused-ring (bicyclic) bond motifs is 1. The first-order valence-electron chi connectivity index (χ1n) is 10.3. The summed E-state index contributed by atoms with van der Waals surface area (Å²) < 4.78 is 2.10. The van der Waals surface area contributed by atoms with Crippen LogP contribution in [0.4, 0.5) is 11.4 Å². The summed E-state index contributed by atoms with van der Waals surface area (Å²) in [5.41, 5.74) is 6.12. The van der Waals surface area contributed by atoms with Gasteiger partial charge in [0.05, 0.1) is 5.52 Å². The molecule has 0 saturated carbocycles. The lowest BCUT2D eigenvalue weighted by molar-refractivity contribution is -0.133. The molecular weight excluding hydrogens is 520 g/mol. The van der Waals surface area contributed by atoms with Crippen LogP contribution in [0.3, 0.4) is 0 Å². The molecule has 3 N–H and O–H groups in total. The van der Waals surface area contributed by atoms with Gasteiger partial charge in [0, 0.05) is 26.3 Å². The number of halogens is 2. The summed E-state index contributed by atoms with van der Waals surface area (Å²) in [4.78, 5) is 38.5.